The van der Waals surface area contributed by atoms with Crippen molar-refractivity contribution in [2.45, 2.75) is 0 Å². The van der Waals surface area contributed by atoms with Crippen molar-refractivity contribution in [1.29, 1.82) is 0 Å². The summed E-state index contributed by atoms with van der Waals surface area (Å²) in [6.45, 7) is 0. The van der Waals surface area contributed by atoms with Crippen molar-refractivity contribution in [3.63, 3.8) is 0 Å². The maximum absolute atomic E-state index is 10.7. The molecule has 0 aliphatic rings. The lowest BCUT2D eigenvalue weighted by atomic mass is 15.8. The quantitative estimate of drug-likeness (QED) is 0.312. The predicted octanol–water partition coefficient (Wildman–Crippen LogP) is -1.06. The summed E-state index contributed by atoms with van der Waals surface area (Å²) in [5.41, 5.74) is 0. The number of hydrogen-bond acceptors (Lipinski definition) is 1. The highest BCUT2D eigenvalue weighted by atomic mass is 28.4. The van der Waals surface area contributed by atoms with Gasteiger partial charge in [-0.2, -0.15) is 0 Å². The SMILES string of the molecule is F[SiH](F)O[SiH3]. The van der Waals surface area contributed by atoms with Crippen LogP contribution in [-0.4, -0.2) is 20.2 Å². The van der Waals surface area contributed by atoms with E-state index in [0.717, 1.165) is 0 Å². The van der Waals surface area contributed by atoms with E-state index >= 15 is 0 Å². The van der Waals surface area contributed by atoms with Crippen molar-refractivity contribution in [3.05, 3.63) is 0 Å². The summed E-state index contributed by atoms with van der Waals surface area (Å²) >= 11 is 0. The molecule has 5 heteroatoms. The Morgan fingerprint density at radius 3 is 1.80 bits per heavy atom. The Labute approximate surface area is 33.6 Å². The molecule has 0 atom stereocenters. The summed E-state index contributed by atoms with van der Waals surface area (Å²) in [5, 5.41) is 0. The fraction of sp³-hybridized carbons (Fsp3) is 0. The second-order valence-corrected chi connectivity index (χ2v) is 2.90. The Kier molecular flexibility index (Phi) is 2.62. The van der Waals surface area contributed by atoms with E-state index in [1.807, 2.05) is 0 Å². The lowest BCUT2D eigenvalue weighted by Crippen LogP contribution is -1.98. The highest BCUT2D eigenvalue weighted by molar-refractivity contribution is 6.40. The molecule has 0 heterocycles. The van der Waals surface area contributed by atoms with Crippen molar-refractivity contribution < 1.29 is 12.3 Å². The molecule has 0 radical (unpaired) electrons. The third kappa shape index (κ3) is 4.25. The molecule has 0 saturated heterocycles. The second kappa shape index (κ2) is 2.49. The zero-order chi connectivity index (χ0) is 4.28. The minimum absolute atomic E-state index is 0.185. The van der Waals surface area contributed by atoms with Gasteiger partial charge in [-0.1, -0.05) is 0 Å². The monoisotopic (exact) mass is 114 g/mol. The molecule has 0 fully saturated rings. The average Bonchev–Trinajstić information content (AvgIpc) is 1.38. The maximum Gasteiger partial charge on any atom is 0.550 e. The number of halogens is 2. The molecule has 0 rings (SSSR count). The van der Waals surface area contributed by atoms with Gasteiger partial charge in [0.25, 0.3) is 0 Å². The van der Waals surface area contributed by atoms with Crippen molar-refractivity contribution in [2.24, 2.45) is 0 Å². The molecule has 32 valence electrons. The minimum Gasteiger partial charge on any atom is -0.421 e. The summed E-state index contributed by atoms with van der Waals surface area (Å²) < 4.78 is 25.1. The third-order valence-electron chi connectivity index (χ3n) is 0.178. The van der Waals surface area contributed by atoms with Crippen LogP contribution in [0.25, 0.3) is 0 Å². The van der Waals surface area contributed by atoms with Gasteiger partial charge in [0.15, 0.2) is 0 Å². The Morgan fingerprint density at radius 1 is 1.60 bits per heavy atom. The molecular formula is H4F2OSi2. The molecule has 0 aromatic heterocycles. The highest BCUT2D eigenvalue weighted by Gasteiger charge is 1.99. The summed E-state index contributed by atoms with van der Waals surface area (Å²) in [5.74, 6) is 0. The molecule has 5 heavy (non-hydrogen) atoms. The van der Waals surface area contributed by atoms with Crippen LogP contribution in [0.3, 0.4) is 0 Å². The fourth-order valence-corrected chi connectivity index (χ4v) is 0. The normalized spacial score (nSPS) is 10.2. The van der Waals surface area contributed by atoms with E-state index < -0.39 is 9.71 Å². The first-order valence-corrected chi connectivity index (χ1v) is 3.24. The van der Waals surface area contributed by atoms with Crippen LogP contribution >= 0.6 is 0 Å². The standard InChI is InChI=1S/F2H4OSi2/c1-5(2)3-4/h5H,4H3. The van der Waals surface area contributed by atoms with Gasteiger partial charge in [-0.05, 0) is 0 Å². The number of hydrogen-bond donors (Lipinski definition) is 0. The average molecular weight is 114 g/mol. The Balaban J connectivity index is 2.54. The maximum atomic E-state index is 10.7. The van der Waals surface area contributed by atoms with Crippen LogP contribution in [-0.2, 0) is 4.12 Å². The summed E-state index contributed by atoms with van der Waals surface area (Å²) in [6, 6.07) is 0. The van der Waals surface area contributed by atoms with Crippen molar-refractivity contribution in [2.75, 3.05) is 0 Å². The van der Waals surface area contributed by atoms with E-state index in [2.05, 4.69) is 4.12 Å². The van der Waals surface area contributed by atoms with Gasteiger partial charge in [0.1, 0.15) is 10.5 Å². The second-order valence-electron chi connectivity index (χ2n) is 0.496. The van der Waals surface area contributed by atoms with Crippen LogP contribution in [0.4, 0.5) is 8.22 Å². The van der Waals surface area contributed by atoms with Gasteiger partial charge in [0.05, 0.1) is 0 Å². The van der Waals surface area contributed by atoms with Gasteiger partial charge in [-0.15, -0.1) is 0 Å². The van der Waals surface area contributed by atoms with Crippen LogP contribution in [0.2, 0.25) is 0 Å². The molecule has 1 nitrogen and oxygen atoms in total. The highest BCUT2D eigenvalue weighted by Crippen LogP contribution is 1.79. The van der Waals surface area contributed by atoms with Crippen LogP contribution in [0.1, 0.15) is 0 Å². The van der Waals surface area contributed by atoms with Crippen LogP contribution in [0, 0.1) is 0 Å². The van der Waals surface area contributed by atoms with Crippen LogP contribution in [0.5, 0.6) is 0 Å². The Hall–Kier alpha value is 0.254. The first-order valence-electron chi connectivity index (χ1n) is 1.08. The molecule has 0 amide bonds. The minimum atomic E-state index is -3.59. The molecule has 0 spiro atoms. The van der Waals surface area contributed by atoms with Crippen LogP contribution < -0.4 is 0 Å². The van der Waals surface area contributed by atoms with E-state index in [9.17, 15) is 8.22 Å². The van der Waals surface area contributed by atoms with Crippen molar-refractivity contribution in [3.8, 4) is 0 Å². The van der Waals surface area contributed by atoms with E-state index in [1.54, 1.807) is 0 Å². The summed E-state index contributed by atoms with van der Waals surface area (Å²) in [6.07, 6.45) is 0. The van der Waals surface area contributed by atoms with Crippen molar-refractivity contribution >= 4 is 20.2 Å². The third-order valence-corrected chi connectivity index (χ3v) is 1.60. The summed E-state index contributed by atoms with van der Waals surface area (Å²) in [4.78, 5) is 0. The predicted molar refractivity (Wildman–Crippen MR) is 20.4 cm³/mol. The molecule has 0 N–H and O–H groups in total. The van der Waals surface area contributed by atoms with Gasteiger partial charge in [-0.3, -0.25) is 0 Å². The zero-order valence-electron chi connectivity index (χ0n) is 2.74. The fourth-order valence-electron chi connectivity index (χ4n) is 0. The Morgan fingerprint density at radius 2 is 1.80 bits per heavy atom. The molecular weight excluding hydrogens is 110 g/mol. The molecule has 0 aromatic carbocycles. The van der Waals surface area contributed by atoms with Gasteiger partial charge in [-0.25, -0.2) is 8.22 Å². The molecule has 0 unspecified atom stereocenters. The van der Waals surface area contributed by atoms with E-state index in [4.69, 9.17) is 0 Å². The molecule has 0 aliphatic heterocycles. The van der Waals surface area contributed by atoms with E-state index in [0.29, 0.717) is 0 Å². The van der Waals surface area contributed by atoms with Gasteiger partial charge >= 0.3 is 9.71 Å². The van der Waals surface area contributed by atoms with E-state index in [1.165, 1.54) is 0 Å². The van der Waals surface area contributed by atoms with E-state index in [-0.39, 0.29) is 10.5 Å². The Bertz CT molecular complexity index is 21.6. The van der Waals surface area contributed by atoms with Crippen LogP contribution in [0.15, 0.2) is 0 Å². The smallest absolute Gasteiger partial charge is 0.421 e. The lowest BCUT2D eigenvalue weighted by molar-refractivity contribution is 0.454. The van der Waals surface area contributed by atoms with Crippen molar-refractivity contribution in [1.82, 2.24) is 0 Å². The first kappa shape index (κ1) is 5.25. The summed E-state index contributed by atoms with van der Waals surface area (Å²) in [7, 11) is -3.40. The largest absolute Gasteiger partial charge is 0.550 e. The lowest BCUT2D eigenvalue weighted by Gasteiger charge is -1.83. The molecule has 0 saturated carbocycles. The topological polar surface area (TPSA) is 9.23 Å². The number of rotatable bonds is 1. The van der Waals surface area contributed by atoms with Gasteiger partial charge in [0.2, 0.25) is 0 Å². The molecule has 0 aromatic rings. The van der Waals surface area contributed by atoms with Gasteiger partial charge < -0.3 is 4.12 Å². The first-order chi connectivity index (χ1) is 2.27. The zero-order valence-corrected chi connectivity index (χ0v) is 5.90. The molecule has 0 aliphatic carbocycles. The molecule has 0 bridgehead atoms. The van der Waals surface area contributed by atoms with Gasteiger partial charge in [0, 0.05) is 0 Å².